The molecule has 0 aliphatic heterocycles. The van der Waals surface area contributed by atoms with Crippen LogP contribution in [0, 0.1) is 13.8 Å². The molecule has 0 amide bonds. The molecular weight excluding hydrogens is 246 g/mol. The van der Waals surface area contributed by atoms with Crippen LogP contribution >= 0.6 is 11.3 Å². The normalized spacial score (nSPS) is 12.9. The van der Waals surface area contributed by atoms with Gasteiger partial charge < -0.3 is 10.1 Å². The Bertz CT molecular complexity index is 538. The fraction of sp³-hybridized carbons (Fsp3) is 0.538. The first kappa shape index (κ1) is 13.2. The highest BCUT2D eigenvalue weighted by Crippen LogP contribution is 2.32. The van der Waals surface area contributed by atoms with Crippen molar-refractivity contribution in [1.29, 1.82) is 0 Å². The zero-order valence-electron chi connectivity index (χ0n) is 11.3. The van der Waals surface area contributed by atoms with Crippen LogP contribution in [0.25, 0.3) is 10.2 Å². The summed E-state index contributed by atoms with van der Waals surface area (Å²) in [7, 11) is 1.72. The van der Waals surface area contributed by atoms with E-state index in [1.807, 2.05) is 0 Å². The summed E-state index contributed by atoms with van der Waals surface area (Å²) in [4.78, 5) is 11.1. The van der Waals surface area contributed by atoms with Gasteiger partial charge in [-0.05, 0) is 32.8 Å². The summed E-state index contributed by atoms with van der Waals surface area (Å²) < 4.78 is 5.09. The molecule has 0 aliphatic rings. The van der Waals surface area contributed by atoms with Gasteiger partial charge in [-0.1, -0.05) is 0 Å². The van der Waals surface area contributed by atoms with E-state index in [1.165, 1.54) is 10.4 Å². The first-order valence-electron chi connectivity index (χ1n) is 6.09. The number of ether oxygens (including phenoxy) is 1. The average Bonchev–Trinajstić information content (AvgIpc) is 2.64. The van der Waals surface area contributed by atoms with Crippen molar-refractivity contribution in [1.82, 2.24) is 9.97 Å². The number of thiophene rings is 1. The number of anilines is 1. The van der Waals surface area contributed by atoms with Crippen LogP contribution in [0.5, 0.6) is 0 Å². The summed E-state index contributed by atoms with van der Waals surface area (Å²) in [6, 6.07) is 0.336. The van der Waals surface area contributed by atoms with E-state index in [0.717, 1.165) is 29.1 Å². The average molecular weight is 265 g/mol. The predicted molar refractivity (Wildman–Crippen MR) is 76.5 cm³/mol. The molecule has 0 aliphatic carbocycles. The van der Waals surface area contributed by atoms with Gasteiger partial charge in [0.25, 0.3) is 0 Å². The highest BCUT2D eigenvalue weighted by Gasteiger charge is 2.13. The van der Waals surface area contributed by atoms with E-state index >= 15 is 0 Å². The Hall–Kier alpha value is -1.20. The third-order valence-corrected chi connectivity index (χ3v) is 4.22. The lowest BCUT2D eigenvalue weighted by molar-refractivity contribution is 0.191. The maximum atomic E-state index is 5.09. The second-order valence-electron chi connectivity index (χ2n) is 4.51. The number of hydrogen-bond acceptors (Lipinski definition) is 5. The third-order valence-electron chi connectivity index (χ3n) is 3.10. The minimum atomic E-state index is 0.336. The number of nitrogens with zero attached hydrogens (tertiary/aromatic N) is 2. The fourth-order valence-corrected chi connectivity index (χ4v) is 2.89. The molecule has 2 aromatic rings. The van der Waals surface area contributed by atoms with Crippen molar-refractivity contribution in [2.45, 2.75) is 33.2 Å². The van der Waals surface area contributed by atoms with Crippen LogP contribution in [0.3, 0.4) is 0 Å². The van der Waals surface area contributed by atoms with Crippen molar-refractivity contribution in [3.05, 3.63) is 16.8 Å². The van der Waals surface area contributed by atoms with Crippen LogP contribution in [0.1, 0.15) is 23.8 Å². The van der Waals surface area contributed by atoms with Crippen molar-refractivity contribution in [2.24, 2.45) is 0 Å². The van der Waals surface area contributed by atoms with Crippen molar-refractivity contribution in [3.63, 3.8) is 0 Å². The molecule has 2 heterocycles. The molecular formula is C13H19N3OS. The molecule has 0 radical (unpaired) electrons. The molecule has 0 fully saturated rings. The smallest absolute Gasteiger partial charge is 0.138 e. The molecule has 5 heteroatoms. The third kappa shape index (κ3) is 2.62. The van der Waals surface area contributed by atoms with Gasteiger partial charge in [-0.3, -0.25) is 0 Å². The molecule has 0 aromatic carbocycles. The first-order valence-corrected chi connectivity index (χ1v) is 6.91. The van der Waals surface area contributed by atoms with E-state index in [0.29, 0.717) is 6.04 Å². The lowest BCUT2D eigenvalue weighted by atomic mass is 10.2. The number of methoxy groups -OCH3 is 1. The number of aryl methyl sites for hydroxylation is 2. The van der Waals surface area contributed by atoms with Gasteiger partial charge in [0, 0.05) is 24.6 Å². The van der Waals surface area contributed by atoms with Crippen molar-refractivity contribution >= 4 is 27.4 Å². The van der Waals surface area contributed by atoms with Crippen LogP contribution in [0.15, 0.2) is 6.33 Å². The van der Waals surface area contributed by atoms with Gasteiger partial charge in [0.15, 0.2) is 0 Å². The standard InChI is InChI=1S/C13H19N3OS/c1-8(5-6-17-4)16-12-11-9(2)10(3)18-13(11)15-7-14-12/h7-8H,5-6H2,1-4H3,(H,14,15,16). The maximum absolute atomic E-state index is 5.09. The summed E-state index contributed by atoms with van der Waals surface area (Å²) in [6.45, 7) is 7.15. The Balaban J connectivity index is 2.27. The molecule has 18 heavy (non-hydrogen) atoms. The summed E-state index contributed by atoms with van der Waals surface area (Å²) in [5, 5.41) is 4.61. The minimum Gasteiger partial charge on any atom is -0.385 e. The Morgan fingerprint density at radius 3 is 2.89 bits per heavy atom. The number of rotatable bonds is 5. The van der Waals surface area contributed by atoms with Gasteiger partial charge in [-0.15, -0.1) is 11.3 Å². The Morgan fingerprint density at radius 1 is 1.39 bits per heavy atom. The Morgan fingerprint density at radius 2 is 2.17 bits per heavy atom. The van der Waals surface area contributed by atoms with Crippen LogP contribution in [0.2, 0.25) is 0 Å². The van der Waals surface area contributed by atoms with Gasteiger partial charge >= 0.3 is 0 Å². The molecule has 0 spiro atoms. The molecule has 2 aromatic heterocycles. The molecule has 4 nitrogen and oxygen atoms in total. The first-order chi connectivity index (χ1) is 8.63. The molecule has 1 N–H and O–H groups in total. The van der Waals surface area contributed by atoms with Gasteiger partial charge in [-0.25, -0.2) is 9.97 Å². The molecule has 1 atom stereocenters. The lowest BCUT2D eigenvalue weighted by Gasteiger charge is -2.14. The predicted octanol–water partition coefficient (Wildman–Crippen LogP) is 3.15. The largest absolute Gasteiger partial charge is 0.385 e. The molecule has 98 valence electrons. The fourth-order valence-electron chi connectivity index (χ4n) is 1.89. The number of fused-ring (bicyclic) bond motifs is 1. The van der Waals surface area contributed by atoms with Gasteiger partial charge in [-0.2, -0.15) is 0 Å². The quantitative estimate of drug-likeness (QED) is 0.902. The molecule has 1 unspecified atom stereocenters. The second-order valence-corrected chi connectivity index (χ2v) is 5.72. The number of aromatic nitrogens is 2. The Labute approximate surface area is 111 Å². The van der Waals surface area contributed by atoms with Crippen molar-refractivity contribution in [2.75, 3.05) is 19.0 Å². The van der Waals surface area contributed by atoms with Gasteiger partial charge in [0.2, 0.25) is 0 Å². The van der Waals surface area contributed by atoms with Crippen LogP contribution in [-0.2, 0) is 4.74 Å². The van der Waals surface area contributed by atoms with E-state index in [4.69, 9.17) is 4.74 Å². The summed E-state index contributed by atoms with van der Waals surface area (Å²) >= 11 is 1.72. The number of nitrogens with one attached hydrogen (secondary N) is 1. The topological polar surface area (TPSA) is 47.0 Å². The van der Waals surface area contributed by atoms with Crippen molar-refractivity contribution in [3.8, 4) is 0 Å². The zero-order valence-corrected chi connectivity index (χ0v) is 12.1. The SMILES string of the molecule is COCCC(C)Nc1ncnc2sc(C)c(C)c12. The van der Waals surface area contributed by atoms with Crippen LogP contribution in [0.4, 0.5) is 5.82 Å². The van der Waals surface area contributed by atoms with E-state index in [9.17, 15) is 0 Å². The second kappa shape index (κ2) is 5.63. The Kier molecular flexibility index (Phi) is 4.14. The maximum Gasteiger partial charge on any atom is 0.138 e. The van der Waals surface area contributed by atoms with E-state index in [2.05, 4.69) is 36.1 Å². The van der Waals surface area contributed by atoms with E-state index < -0.39 is 0 Å². The molecule has 0 saturated carbocycles. The van der Waals surface area contributed by atoms with E-state index in [1.54, 1.807) is 24.8 Å². The van der Waals surface area contributed by atoms with Gasteiger partial charge in [0.05, 0.1) is 5.39 Å². The van der Waals surface area contributed by atoms with Crippen molar-refractivity contribution < 1.29 is 4.74 Å². The highest BCUT2D eigenvalue weighted by molar-refractivity contribution is 7.18. The molecule has 0 saturated heterocycles. The molecule has 0 bridgehead atoms. The summed E-state index contributed by atoms with van der Waals surface area (Å²) in [5.41, 5.74) is 1.28. The zero-order chi connectivity index (χ0) is 13.1. The minimum absolute atomic E-state index is 0.336. The lowest BCUT2D eigenvalue weighted by Crippen LogP contribution is -2.18. The summed E-state index contributed by atoms with van der Waals surface area (Å²) in [6.07, 6.45) is 2.59. The summed E-state index contributed by atoms with van der Waals surface area (Å²) in [5.74, 6) is 0.936. The number of hydrogen-bond donors (Lipinski definition) is 1. The highest BCUT2D eigenvalue weighted by atomic mass is 32.1. The van der Waals surface area contributed by atoms with E-state index in [-0.39, 0.29) is 0 Å². The molecule has 2 rings (SSSR count). The van der Waals surface area contributed by atoms with Crippen LogP contribution in [-0.4, -0.2) is 29.7 Å². The van der Waals surface area contributed by atoms with Crippen LogP contribution < -0.4 is 5.32 Å². The van der Waals surface area contributed by atoms with Gasteiger partial charge in [0.1, 0.15) is 17.0 Å². The monoisotopic (exact) mass is 265 g/mol.